The molecule has 1 fully saturated rings. The number of nitrogens with zero attached hydrogens (tertiary/aromatic N) is 1. The second kappa shape index (κ2) is 7.68. The molecule has 1 aromatic heterocycles. The first-order valence-electron chi connectivity index (χ1n) is 7.78. The number of carbonyl (C=O) groups is 2. The topological polar surface area (TPSA) is 61.4 Å². The van der Waals surface area contributed by atoms with Crippen molar-refractivity contribution in [1.82, 2.24) is 4.90 Å². The van der Waals surface area contributed by atoms with Gasteiger partial charge in [-0.05, 0) is 42.5 Å². The number of benzene rings is 1. The average molecular weight is 364 g/mol. The number of rotatable bonds is 3. The van der Waals surface area contributed by atoms with E-state index in [2.05, 4.69) is 10.6 Å². The normalized spacial score (nSPS) is 17.4. The van der Waals surface area contributed by atoms with Gasteiger partial charge in [0.1, 0.15) is 0 Å². The molecule has 1 aliphatic rings. The van der Waals surface area contributed by atoms with Crippen molar-refractivity contribution >= 4 is 45.6 Å². The molecule has 0 saturated carbocycles. The molecule has 24 heavy (non-hydrogen) atoms. The zero-order chi connectivity index (χ0) is 16.9. The van der Waals surface area contributed by atoms with Crippen LogP contribution in [0.3, 0.4) is 0 Å². The van der Waals surface area contributed by atoms with Crippen molar-refractivity contribution in [2.45, 2.75) is 12.8 Å². The number of anilines is 2. The van der Waals surface area contributed by atoms with E-state index >= 15 is 0 Å². The second-order valence-corrected chi connectivity index (χ2v) is 7.02. The molecule has 1 unspecified atom stereocenters. The Labute approximate surface area is 149 Å². The van der Waals surface area contributed by atoms with Gasteiger partial charge in [0.05, 0.1) is 21.6 Å². The summed E-state index contributed by atoms with van der Waals surface area (Å²) in [5, 5.41) is 8.95. The minimum absolute atomic E-state index is 0.100. The summed E-state index contributed by atoms with van der Waals surface area (Å²) in [5.74, 6) is -0.333. The van der Waals surface area contributed by atoms with Crippen LogP contribution in [0.2, 0.25) is 5.02 Å². The van der Waals surface area contributed by atoms with Gasteiger partial charge in [0.2, 0.25) is 5.91 Å². The van der Waals surface area contributed by atoms with Crippen LogP contribution in [0.4, 0.5) is 15.5 Å². The van der Waals surface area contributed by atoms with E-state index in [9.17, 15) is 9.59 Å². The highest BCUT2D eigenvalue weighted by atomic mass is 35.5. The van der Waals surface area contributed by atoms with E-state index in [0.29, 0.717) is 23.8 Å². The Balaban J connectivity index is 1.59. The quantitative estimate of drug-likeness (QED) is 0.854. The number of nitrogens with one attached hydrogen (secondary N) is 2. The molecule has 5 nitrogen and oxygen atoms in total. The molecule has 0 radical (unpaired) electrons. The van der Waals surface area contributed by atoms with Crippen molar-refractivity contribution in [2.24, 2.45) is 5.92 Å². The number of halogens is 1. The van der Waals surface area contributed by atoms with Gasteiger partial charge in [-0.25, -0.2) is 4.79 Å². The van der Waals surface area contributed by atoms with Crippen molar-refractivity contribution in [1.29, 1.82) is 0 Å². The van der Waals surface area contributed by atoms with E-state index in [4.69, 9.17) is 11.6 Å². The predicted octanol–water partition coefficient (Wildman–Crippen LogP) is 4.28. The van der Waals surface area contributed by atoms with Crippen LogP contribution in [0.15, 0.2) is 41.8 Å². The number of hydrogen-bond donors (Lipinski definition) is 2. The van der Waals surface area contributed by atoms with E-state index in [-0.39, 0.29) is 17.9 Å². The first kappa shape index (κ1) is 16.8. The number of amides is 3. The molecular weight excluding hydrogens is 346 g/mol. The molecule has 0 aliphatic carbocycles. The van der Waals surface area contributed by atoms with Crippen LogP contribution in [-0.2, 0) is 4.79 Å². The van der Waals surface area contributed by atoms with Crippen molar-refractivity contribution in [3.63, 3.8) is 0 Å². The molecular formula is C17H18ClN3O2S. The number of carbonyl (C=O) groups excluding carboxylic acids is 2. The lowest BCUT2D eigenvalue weighted by atomic mass is 9.97. The lowest BCUT2D eigenvalue weighted by molar-refractivity contribution is -0.121. The minimum Gasteiger partial charge on any atom is -0.324 e. The summed E-state index contributed by atoms with van der Waals surface area (Å²) in [5.41, 5.74) is 0.601. The van der Waals surface area contributed by atoms with Crippen molar-refractivity contribution in [2.75, 3.05) is 23.7 Å². The molecule has 3 amide bonds. The number of likely N-dealkylation sites (tertiary alicyclic amines) is 1. The Kier molecular flexibility index (Phi) is 5.37. The Hall–Kier alpha value is -2.05. The molecule has 1 atom stereocenters. The van der Waals surface area contributed by atoms with Gasteiger partial charge in [-0.2, -0.15) is 0 Å². The van der Waals surface area contributed by atoms with E-state index < -0.39 is 0 Å². The van der Waals surface area contributed by atoms with E-state index in [1.54, 1.807) is 17.0 Å². The number of urea groups is 1. The van der Waals surface area contributed by atoms with E-state index in [1.807, 2.05) is 29.6 Å². The fraction of sp³-hybridized carbons (Fsp3) is 0.294. The molecule has 1 saturated heterocycles. The first-order valence-corrected chi connectivity index (χ1v) is 9.04. The SMILES string of the molecule is O=C(Nc1ccccc1Cl)C1CCCN(C(=O)Nc2cccs2)C1. The molecule has 1 aromatic carbocycles. The highest BCUT2D eigenvalue weighted by Gasteiger charge is 2.28. The third-order valence-electron chi connectivity index (χ3n) is 3.96. The molecule has 2 heterocycles. The number of hydrogen-bond acceptors (Lipinski definition) is 3. The molecule has 2 N–H and O–H groups in total. The molecule has 1 aliphatic heterocycles. The summed E-state index contributed by atoms with van der Waals surface area (Å²) < 4.78 is 0. The van der Waals surface area contributed by atoms with Gasteiger partial charge in [-0.15, -0.1) is 11.3 Å². The van der Waals surface area contributed by atoms with Gasteiger partial charge >= 0.3 is 6.03 Å². The van der Waals surface area contributed by atoms with Crippen LogP contribution in [0, 0.1) is 5.92 Å². The summed E-state index contributed by atoms with van der Waals surface area (Å²) in [4.78, 5) is 26.5. The van der Waals surface area contributed by atoms with Gasteiger partial charge in [0, 0.05) is 13.1 Å². The minimum atomic E-state index is -0.232. The maximum Gasteiger partial charge on any atom is 0.322 e. The maximum absolute atomic E-state index is 12.5. The molecule has 7 heteroatoms. The smallest absolute Gasteiger partial charge is 0.322 e. The Morgan fingerprint density at radius 2 is 2.00 bits per heavy atom. The predicted molar refractivity (Wildman–Crippen MR) is 97.7 cm³/mol. The highest BCUT2D eigenvalue weighted by molar-refractivity contribution is 7.14. The molecule has 126 valence electrons. The average Bonchev–Trinajstić information content (AvgIpc) is 3.10. The standard InChI is InChI=1S/C17H18ClN3O2S/c18-13-6-1-2-7-14(13)19-16(22)12-5-3-9-21(11-12)17(23)20-15-8-4-10-24-15/h1-2,4,6-8,10,12H,3,5,9,11H2,(H,19,22)(H,20,23). The Morgan fingerprint density at radius 1 is 1.17 bits per heavy atom. The van der Waals surface area contributed by atoms with Gasteiger partial charge < -0.3 is 10.2 Å². The zero-order valence-corrected chi connectivity index (χ0v) is 14.6. The van der Waals surface area contributed by atoms with E-state index in [1.165, 1.54) is 11.3 Å². The van der Waals surface area contributed by atoms with Crippen LogP contribution in [0.5, 0.6) is 0 Å². The van der Waals surface area contributed by atoms with Crippen LogP contribution in [0.1, 0.15) is 12.8 Å². The van der Waals surface area contributed by atoms with Gasteiger partial charge in [-0.1, -0.05) is 23.7 Å². The fourth-order valence-corrected chi connectivity index (χ4v) is 3.50. The molecule has 2 aromatic rings. The summed E-state index contributed by atoms with van der Waals surface area (Å²) in [6.45, 7) is 1.07. The lowest BCUT2D eigenvalue weighted by Gasteiger charge is -2.32. The first-order chi connectivity index (χ1) is 11.6. The Bertz CT molecular complexity index is 720. The fourth-order valence-electron chi connectivity index (χ4n) is 2.71. The largest absolute Gasteiger partial charge is 0.324 e. The van der Waals surface area contributed by atoms with Crippen LogP contribution in [0.25, 0.3) is 0 Å². The number of thiophene rings is 1. The van der Waals surface area contributed by atoms with E-state index in [0.717, 1.165) is 17.8 Å². The van der Waals surface area contributed by atoms with Crippen molar-refractivity contribution < 1.29 is 9.59 Å². The summed E-state index contributed by atoms with van der Waals surface area (Å²) in [7, 11) is 0. The van der Waals surface area contributed by atoms with Crippen molar-refractivity contribution in [3.8, 4) is 0 Å². The monoisotopic (exact) mass is 363 g/mol. The van der Waals surface area contributed by atoms with Gasteiger partial charge in [-0.3, -0.25) is 10.1 Å². The third-order valence-corrected chi connectivity index (χ3v) is 5.08. The maximum atomic E-state index is 12.5. The van der Waals surface area contributed by atoms with Gasteiger partial charge in [0.15, 0.2) is 0 Å². The second-order valence-electron chi connectivity index (χ2n) is 5.66. The van der Waals surface area contributed by atoms with Crippen molar-refractivity contribution in [3.05, 3.63) is 46.8 Å². The Morgan fingerprint density at radius 3 is 2.75 bits per heavy atom. The highest BCUT2D eigenvalue weighted by Crippen LogP contribution is 2.24. The molecule has 3 rings (SSSR count). The molecule has 0 bridgehead atoms. The summed E-state index contributed by atoms with van der Waals surface area (Å²) in [6, 6.07) is 10.7. The third kappa shape index (κ3) is 4.07. The zero-order valence-electron chi connectivity index (χ0n) is 13.0. The van der Waals surface area contributed by atoms with Crippen LogP contribution in [-0.4, -0.2) is 29.9 Å². The lowest BCUT2D eigenvalue weighted by Crippen LogP contribution is -2.45. The number of para-hydroxylation sites is 1. The van der Waals surface area contributed by atoms with Gasteiger partial charge in [0.25, 0.3) is 0 Å². The summed E-state index contributed by atoms with van der Waals surface area (Å²) >= 11 is 7.55. The number of piperidine rings is 1. The summed E-state index contributed by atoms with van der Waals surface area (Å²) in [6.07, 6.45) is 1.57. The van der Waals surface area contributed by atoms with Crippen LogP contribution >= 0.6 is 22.9 Å². The molecule has 0 spiro atoms. The van der Waals surface area contributed by atoms with Crippen LogP contribution < -0.4 is 10.6 Å².